The van der Waals surface area contributed by atoms with E-state index in [4.69, 9.17) is 9.72 Å². The van der Waals surface area contributed by atoms with Gasteiger partial charge in [-0.1, -0.05) is 48.5 Å². The molecule has 4 aromatic rings. The molecule has 0 N–H and O–H groups in total. The molecule has 0 saturated carbocycles. The molecule has 3 heterocycles. The van der Waals surface area contributed by atoms with Crippen molar-refractivity contribution in [3.8, 4) is 0 Å². The molecule has 5 rings (SSSR count). The first kappa shape index (κ1) is 16.5. The van der Waals surface area contributed by atoms with E-state index in [1.165, 1.54) is 16.5 Å². The van der Waals surface area contributed by atoms with Crippen LogP contribution in [-0.4, -0.2) is 27.7 Å². The van der Waals surface area contributed by atoms with Crippen LogP contribution in [0, 0.1) is 5.92 Å². The lowest BCUT2D eigenvalue weighted by Crippen LogP contribution is -2.21. The Morgan fingerprint density at radius 1 is 0.926 bits per heavy atom. The third kappa shape index (κ3) is 3.21. The van der Waals surface area contributed by atoms with Crippen molar-refractivity contribution in [2.24, 2.45) is 5.92 Å². The third-order valence-corrected chi connectivity index (χ3v) is 5.55. The SMILES string of the molecule is c1ccc(Cc2nc3cnc4ccccc4c3n2CC2CCOCC2)cc1. The molecule has 1 saturated heterocycles. The maximum absolute atomic E-state index is 5.57. The summed E-state index contributed by atoms with van der Waals surface area (Å²) in [6.07, 6.45) is 5.00. The Morgan fingerprint density at radius 2 is 1.70 bits per heavy atom. The molecule has 0 atom stereocenters. The second-order valence-electron chi connectivity index (χ2n) is 7.37. The predicted molar refractivity (Wildman–Crippen MR) is 108 cm³/mol. The number of aromatic nitrogens is 3. The van der Waals surface area contributed by atoms with Crippen LogP contribution >= 0.6 is 0 Å². The van der Waals surface area contributed by atoms with Crippen LogP contribution in [0.5, 0.6) is 0 Å². The fourth-order valence-corrected chi connectivity index (χ4v) is 4.11. The molecular formula is C23H23N3O. The number of pyridine rings is 1. The highest BCUT2D eigenvalue weighted by atomic mass is 16.5. The van der Waals surface area contributed by atoms with E-state index in [2.05, 4.69) is 58.1 Å². The summed E-state index contributed by atoms with van der Waals surface area (Å²) in [6, 6.07) is 19.0. The predicted octanol–water partition coefficient (Wildman–Crippen LogP) is 4.60. The molecule has 0 bridgehead atoms. The zero-order valence-corrected chi connectivity index (χ0v) is 15.3. The molecule has 27 heavy (non-hydrogen) atoms. The summed E-state index contributed by atoms with van der Waals surface area (Å²) in [4.78, 5) is 9.61. The van der Waals surface area contributed by atoms with Crippen molar-refractivity contribution >= 4 is 21.9 Å². The summed E-state index contributed by atoms with van der Waals surface area (Å²) in [5.41, 5.74) is 4.53. The summed E-state index contributed by atoms with van der Waals surface area (Å²) in [7, 11) is 0. The number of nitrogens with zero attached hydrogens (tertiary/aromatic N) is 3. The van der Waals surface area contributed by atoms with Gasteiger partial charge in [0.05, 0.1) is 17.2 Å². The highest BCUT2D eigenvalue weighted by molar-refractivity contribution is 6.02. The maximum Gasteiger partial charge on any atom is 0.114 e. The summed E-state index contributed by atoms with van der Waals surface area (Å²) >= 11 is 0. The standard InChI is InChI=1S/C23H23N3O/c1-2-6-17(7-3-1)14-22-25-21-15-24-20-9-5-4-8-19(20)23(21)26(22)16-18-10-12-27-13-11-18/h1-9,15,18H,10-14,16H2. The number of rotatable bonds is 4. The largest absolute Gasteiger partial charge is 0.381 e. The van der Waals surface area contributed by atoms with Crippen LogP contribution in [0.4, 0.5) is 0 Å². The minimum absolute atomic E-state index is 0.637. The van der Waals surface area contributed by atoms with Crippen LogP contribution in [0.25, 0.3) is 21.9 Å². The average molecular weight is 357 g/mol. The summed E-state index contributed by atoms with van der Waals surface area (Å²) < 4.78 is 8.01. The molecule has 1 aliphatic rings. The lowest BCUT2D eigenvalue weighted by molar-refractivity contribution is 0.0614. The smallest absolute Gasteiger partial charge is 0.114 e. The first-order valence-electron chi connectivity index (χ1n) is 9.73. The number of hydrogen-bond donors (Lipinski definition) is 0. The Hall–Kier alpha value is -2.72. The van der Waals surface area contributed by atoms with Gasteiger partial charge in [-0.3, -0.25) is 4.98 Å². The van der Waals surface area contributed by atoms with Gasteiger partial charge in [0.15, 0.2) is 0 Å². The Labute approximate surface area is 158 Å². The Morgan fingerprint density at radius 3 is 2.56 bits per heavy atom. The van der Waals surface area contributed by atoms with Crippen molar-refractivity contribution in [2.75, 3.05) is 13.2 Å². The molecule has 4 nitrogen and oxygen atoms in total. The molecule has 2 aromatic heterocycles. The van der Waals surface area contributed by atoms with Crippen molar-refractivity contribution in [3.63, 3.8) is 0 Å². The molecule has 136 valence electrons. The number of hydrogen-bond acceptors (Lipinski definition) is 3. The van der Waals surface area contributed by atoms with Gasteiger partial charge in [0.2, 0.25) is 0 Å². The highest BCUT2D eigenvalue weighted by Crippen LogP contribution is 2.28. The van der Waals surface area contributed by atoms with Crippen LogP contribution in [0.15, 0.2) is 60.8 Å². The minimum atomic E-state index is 0.637. The molecule has 2 aromatic carbocycles. The lowest BCUT2D eigenvalue weighted by Gasteiger charge is -2.23. The van der Waals surface area contributed by atoms with Gasteiger partial charge >= 0.3 is 0 Å². The van der Waals surface area contributed by atoms with E-state index in [-0.39, 0.29) is 0 Å². The fraction of sp³-hybridized carbons (Fsp3) is 0.304. The molecule has 0 unspecified atom stereocenters. The van der Waals surface area contributed by atoms with E-state index < -0.39 is 0 Å². The van der Waals surface area contributed by atoms with Crippen molar-refractivity contribution in [3.05, 3.63) is 72.2 Å². The molecule has 0 amide bonds. The zero-order chi connectivity index (χ0) is 18.1. The maximum atomic E-state index is 5.57. The van der Waals surface area contributed by atoms with Crippen molar-refractivity contribution in [1.29, 1.82) is 0 Å². The summed E-state index contributed by atoms with van der Waals surface area (Å²) in [5, 5.41) is 1.19. The van der Waals surface area contributed by atoms with E-state index >= 15 is 0 Å². The molecule has 1 fully saturated rings. The number of benzene rings is 2. The van der Waals surface area contributed by atoms with E-state index in [1.807, 2.05) is 12.3 Å². The minimum Gasteiger partial charge on any atom is -0.381 e. The van der Waals surface area contributed by atoms with E-state index in [0.29, 0.717) is 5.92 Å². The van der Waals surface area contributed by atoms with Crippen LogP contribution < -0.4 is 0 Å². The van der Waals surface area contributed by atoms with Crippen LogP contribution in [0.2, 0.25) is 0 Å². The molecule has 0 aliphatic carbocycles. The zero-order valence-electron chi connectivity index (χ0n) is 15.3. The summed E-state index contributed by atoms with van der Waals surface area (Å²) in [5.74, 6) is 1.76. The highest BCUT2D eigenvalue weighted by Gasteiger charge is 2.20. The van der Waals surface area contributed by atoms with Gasteiger partial charge < -0.3 is 9.30 Å². The van der Waals surface area contributed by atoms with E-state index in [9.17, 15) is 0 Å². The fourth-order valence-electron chi connectivity index (χ4n) is 4.11. The second-order valence-corrected chi connectivity index (χ2v) is 7.37. The molecule has 1 aliphatic heterocycles. The third-order valence-electron chi connectivity index (χ3n) is 5.55. The van der Waals surface area contributed by atoms with Crippen molar-refractivity contribution < 1.29 is 4.74 Å². The van der Waals surface area contributed by atoms with Gasteiger partial charge in [0.25, 0.3) is 0 Å². The van der Waals surface area contributed by atoms with E-state index in [0.717, 1.165) is 55.9 Å². The van der Waals surface area contributed by atoms with Crippen LogP contribution in [0.3, 0.4) is 0 Å². The van der Waals surface area contributed by atoms with E-state index in [1.54, 1.807) is 0 Å². The Balaban J connectivity index is 1.65. The van der Waals surface area contributed by atoms with Gasteiger partial charge in [0.1, 0.15) is 11.3 Å². The van der Waals surface area contributed by atoms with Gasteiger partial charge in [-0.15, -0.1) is 0 Å². The normalized spacial score (nSPS) is 15.6. The van der Waals surface area contributed by atoms with Crippen molar-refractivity contribution in [1.82, 2.24) is 14.5 Å². The summed E-state index contributed by atoms with van der Waals surface area (Å²) in [6.45, 7) is 2.73. The molecular weight excluding hydrogens is 334 g/mol. The molecule has 0 spiro atoms. The quantitative estimate of drug-likeness (QED) is 0.536. The number of imidazole rings is 1. The van der Waals surface area contributed by atoms with Crippen LogP contribution in [0.1, 0.15) is 24.2 Å². The van der Waals surface area contributed by atoms with Gasteiger partial charge in [0, 0.05) is 31.6 Å². The van der Waals surface area contributed by atoms with Crippen molar-refractivity contribution in [2.45, 2.75) is 25.8 Å². The Bertz CT molecular complexity index is 1070. The lowest BCUT2D eigenvalue weighted by atomic mass is 10.00. The first-order valence-corrected chi connectivity index (χ1v) is 9.73. The molecule has 0 radical (unpaired) electrons. The monoisotopic (exact) mass is 357 g/mol. The Kier molecular flexibility index (Phi) is 4.34. The van der Waals surface area contributed by atoms with Gasteiger partial charge in [-0.2, -0.15) is 0 Å². The van der Waals surface area contributed by atoms with Gasteiger partial charge in [-0.25, -0.2) is 4.98 Å². The number of ether oxygens (including phenoxy) is 1. The average Bonchev–Trinajstić information content (AvgIpc) is 3.07. The molecule has 4 heteroatoms. The van der Waals surface area contributed by atoms with Gasteiger partial charge in [-0.05, 0) is 30.4 Å². The number of para-hydroxylation sites is 1. The first-order chi connectivity index (χ1) is 13.4. The topological polar surface area (TPSA) is 39.9 Å². The van der Waals surface area contributed by atoms with Crippen LogP contribution in [-0.2, 0) is 17.7 Å². The number of fused-ring (bicyclic) bond motifs is 3. The second kappa shape index (κ2) is 7.12.